The molecule has 0 fully saturated rings. The van der Waals surface area contributed by atoms with E-state index in [0.717, 1.165) is 11.3 Å². The van der Waals surface area contributed by atoms with Gasteiger partial charge in [0, 0.05) is 18.5 Å². The number of hydrogen-bond acceptors (Lipinski definition) is 4. The van der Waals surface area contributed by atoms with Crippen molar-refractivity contribution in [3.63, 3.8) is 0 Å². The molecule has 4 rings (SSSR count). The third kappa shape index (κ3) is 1.87. The summed E-state index contributed by atoms with van der Waals surface area (Å²) in [4.78, 5) is 0.223. The number of anilines is 1. The summed E-state index contributed by atoms with van der Waals surface area (Å²) in [6.07, 6.45) is 0. The fourth-order valence-electron chi connectivity index (χ4n) is 2.97. The maximum atomic E-state index is 13.0. The van der Waals surface area contributed by atoms with Gasteiger partial charge in [0.25, 0.3) is 10.0 Å². The molecule has 2 aliphatic heterocycles. The first kappa shape index (κ1) is 13.5. The summed E-state index contributed by atoms with van der Waals surface area (Å²) in [5, 5.41) is 0. The van der Waals surface area contributed by atoms with E-state index in [1.54, 1.807) is 12.1 Å². The largest absolute Gasteiger partial charge is 0.454 e. The average molecular weight is 317 g/mol. The molecule has 0 radical (unpaired) electrons. The van der Waals surface area contributed by atoms with Crippen molar-refractivity contribution in [3.05, 3.63) is 48.0 Å². The molecule has 0 aromatic heterocycles. The number of nitrogens with zero attached hydrogens (tertiary/aromatic N) is 1. The number of hydrogen-bond donors (Lipinski definition) is 0. The monoisotopic (exact) mass is 317 g/mol. The lowest BCUT2D eigenvalue weighted by Crippen LogP contribution is -2.29. The van der Waals surface area contributed by atoms with E-state index in [9.17, 15) is 8.42 Å². The first-order chi connectivity index (χ1) is 10.6. The Morgan fingerprint density at radius 2 is 1.86 bits per heavy atom. The zero-order valence-corrected chi connectivity index (χ0v) is 12.8. The minimum Gasteiger partial charge on any atom is -0.454 e. The van der Waals surface area contributed by atoms with Gasteiger partial charge in [0.2, 0.25) is 6.79 Å². The van der Waals surface area contributed by atoms with Gasteiger partial charge in [-0.15, -0.1) is 0 Å². The Kier molecular flexibility index (Phi) is 2.84. The van der Waals surface area contributed by atoms with E-state index in [2.05, 4.69) is 0 Å². The summed E-state index contributed by atoms with van der Waals surface area (Å²) in [5.74, 6) is 1.23. The van der Waals surface area contributed by atoms with Gasteiger partial charge in [-0.1, -0.05) is 25.1 Å². The quantitative estimate of drug-likeness (QED) is 0.854. The smallest absolute Gasteiger partial charge is 0.264 e. The molecule has 0 bridgehead atoms. The summed E-state index contributed by atoms with van der Waals surface area (Å²) < 4.78 is 37.9. The number of ether oxygens (including phenoxy) is 2. The summed E-state index contributed by atoms with van der Waals surface area (Å²) in [7, 11) is -3.61. The summed E-state index contributed by atoms with van der Waals surface area (Å²) >= 11 is 0. The molecule has 1 atom stereocenters. The molecule has 0 N–H and O–H groups in total. The Morgan fingerprint density at radius 3 is 2.73 bits per heavy atom. The Hall–Kier alpha value is -2.21. The Bertz CT molecular complexity index is 847. The fraction of sp³-hybridized carbons (Fsp3) is 0.250. The van der Waals surface area contributed by atoms with Crippen LogP contribution < -0.4 is 13.8 Å². The molecule has 22 heavy (non-hydrogen) atoms. The summed E-state index contributed by atoms with van der Waals surface area (Å²) in [5.41, 5.74) is 1.82. The van der Waals surface area contributed by atoms with Crippen LogP contribution in [-0.4, -0.2) is 21.8 Å². The van der Waals surface area contributed by atoms with Crippen LogP contribution in [0.15, 0.2) is 47.4 Å². The molecule has 6 heteroatoms. The average Bonchev–Trinajstić information content (AvgIpc) is 3.12. The van der Waals surface area contributed by atoms with Gasteiger partial charge in [-0.25, -0.2) is 8.42 Å². The number of rotatable bonds is 2. The van der Waals surface area contributed by atoms with Crippen LogP contribution >= 0.6 is 0 Å². The number of sulfonamides is 1. The second-order valence-corrected chi connectivity index (χ2v) is 7.37. The van der Waals surface area contributed by atoms with Gasteiger partial charge in [-0.2, -0.15) is 0 Å². The van der Waals surface area contributed by atoms with Gasteiger partial charge < -0.3 is 9.47 Å². The van der Waals surface area contributed by atoms with Crippen molar-refractivity contribution in [1.82, 2.24) is 0 Å². The molecule has 2 heterocycles. The predicted octanol–water partition coefficient (Wildman–Crippen LogP) is 2.73. The molecule has 2 aromatic carbocycles. The number of fused-ring (bicyclic) bond motifs is 2. The van der Waals surface area contributed by atoms with E-state index in [4.69, 9.17) is 9.47 Å². The zero-order valence-electron chi connectivity index (χ0n) is 12.0. The lowest BCUT2D eigenvalue weighted by Gasteiger charge is -2.20. The highest BCUT2D eigenvalue weighted by Gasteiger charge is 2.35. The molecule has 2 aliphatic rings. The van der Waals surface area contributed by atoms with Crippen molar-refractivity contribution in [2.24, 2.45) is 0 Å². The molecular weight excluding hydrogens is 302 g/mol. The first-order valence-electron chi connectivity index (χ1n) is 7.09. The minimum atomic E-state index is -3.61. The van der Waals surface area contributed by atoms with Crippen LogP contribution in [0.3, 0.4) is 0 Å². The molecule has 0 saturated heterocycles. The zero-order chi connectivity index (χ0) is 15.3. The van der Waals surface area contributed by atoms with Gasteiger partial charge in [-0.3, -0.25) is 4.31 Å². The maximum Gasteiger partial charge on any atom is 0.264 e. The van der Waals surface area contributed by atoms with E-state index in [-0.39, 0.29) is 17.6 Å². The maximum absolute atomic E-state index is 13.0. The fourth-order valence-corrected chi connectivity index (χ4v) is 4.56. The lowest BCUT2D eigenvalue weighted by molar-refractivity contribution is 0.174. The SMILES string of the molecule is CC1CN(S(=O)(=O)c2ccc3c(c2)OCO3)c2ccccc21. The van der Waals surface area contributed by atoms with Crippen LogP contribution in [0.25, 0.3) is 0 Å². The van der Waals surface area contributed by atoms with Crippen LogP contribution in [0.1, 0.15) is 18.4 Å². The third-order valence-corrected chi connectivity index (χ3v) is 5.88. The van der Waals surface area contributed by atoms with E-state index in [1.807, 2.05) is 31.2 Å². The van der Waals surface area contributed by atoms with Crippen LogP contribution in [0.2, 0.25) is 0 Å². The van der Waals surface area contributed by atoms with E-state index in [1.165, 1.54) is 10.4 Å². The Labute approximate surface area is 129 Å². The molecule has 0 aliphatic carbocycles. The van der Waals surface area contributed by atoms with Crippen LogP contribution in [-0.2, 0) is 10.0 Å². The van der Waals surface area contributed by atoms with Crippen molar-refractivity contribution in [2.75, 3.05) is 17.6 Å². The molecule has 1 unspecified atom stereocenters. The minimum absolute atomic E-state index is 0.127. The molecule has 5 nitrogen and oxygen atoms in total. The standard InChI is InChI=1S/C16H15NO4S/c1-11-9-17(14-5-3-2-4-13(11)14)22(18,19)12-6-7-15-16(8-12)21-10-20-15/h2-8,11H,9-10H2,1H3. The first-order valence-corrected chi connectivity index (χ1v) is 8.53. The normalized spacial score (nSPS) is 19.3. The van der Waals surface area contributed by atoms with Crippen LogP contribution in [0, 0.1) is 0 Å². The Balaban J connectivity index is 1.79. The van der Waals surface area contributed by atoms with Crippen molar-refractivity contribution in [1.29, 1.82) is 0 Å². The van der Waals surface area contributed by atoms with Gasteiger partial charge in [-0.05, 0) is 23.8 Å². The highest BCUT2D eigenvalue weighted by molar-refractivity contribution is 7.92. The lowest BCUT2D eigenvalue weighted by atomic mass is 10.0. The van der Waals surface area contributed by atoms with Crippen LogP contribution in [0.4, 0.5) is 5.69 Å². The van der Waals surface area contributed by atoms with Crippen molar-refractivity contribution < 1.29 is 17.9 Å². The van der Waals surface area contributed by atoms with Crippen molar-refractivity contribution in [2.45, 2.75) is 17.7 Å². The number of benzene rings is 2. The summed E-state index contributed by atoms with van der Waals surface area (Å²) in [6.45, 7) is 2.62. The van der Waals surface area contributed by atoms with E-state index >= 15 is 0 Å². The van der Waals surface area contributed by atoms with Crippen LogP contribution in [0.5, 0.6) is 11.5 Å². The Morgan fingerprint density at radius 1 is 1.09 bits per heavy atom. The highest BCUT2D eigenvalue weighted by Crippen LogP contribution is 2.41. The van der Waals surface area contributed by atoms with E-state index < -0.39 is 10.0 Å². The van der Waals surface area contributed by atoms with Gasteiger partial charge in [0.1, 0.15) is 0 Å². The molecule has 0 amide bonds. The molecule has 2 aromatic rings. The molecule has 0 spiro atoms. The van der Waals surface area contributed by atoms with Gasteiger partial charge in [0.05, 0.1) is 10.6 Å². The second kappa shape index (κ2) is 4.64. The predicted molar refractivity (Wildman–Crippen MR) is 82.0 cm³/mol. The van der Waals surface area contributed by atoms with Gasteiger partial charge in [0.15, 0.2) is 11.5 Å². The summed E-state index contributed by atoms with van der Waals surface area (Å²) in [6, 6.07) is 12.4. The van der Waals surface area contributed by atoms with Crippen molar-refractivity contribution in [3.8, 4) is 11.5 Å². The third-order valence-electron chi connectivity index (χ3n) is 4.11. The topological polar surface area (TPSA) is 55.8 Å². The number of para-hydroxylation sites is 1. The second-order valence-electron chi connectivity index (χ2n) is 5.51. The van der Waals surface area contributed by atoms with E-state index in [0.29, 0.717) is 18.0 Å². The molecular formula is C16H15NO4S. The van der Waals surface area contributed by atoms with Crippen molar-refractivity contribution >= 4 is 15.7 Å². The molecule has 114 valence electrons. The molecule has 0 saturated carbocycles. The highest BCUT2D eigenvalue weighted by atomic mass is 32.2. The van der Waals surface area contributed by atoms with Gasteiger partial charge >= 0.3 is 0 Å².